The first-order chi connectivity index (χ1) is 13.4. The molecule has 8 nitrogen and oxygen atoms in total. The Kier molecular flexibility index (Phi) is 6.19. The van der Waals surface area contributed by atoms with Crippen molar-refractivity contribution in [2.75, 3.05) is 17.2 Å². The standard InChI is InChI=1S/C17H12ClFIN3O5/c1-2-26-16(24)23-15-12(9-5-6-21-14(20)13(9)28-15)22-17(25)27-8-3-4-11(19)10(18)7-8/h3-7H,2H2,1H3,(H,22,25)(H,23,24). The molecule has 3 aromatic rings. The van der Waals surface area contributed by atoms with Crippen LogP contribution in [0.2, 0.25) is 5.02 Å². The number of furan rings is 1. The highest BCUT2D eigenvalue weighted by atomic mass is 127. The Morgan fingerprint density at radius 3 is 2.79 bits per heavy atom. The van der Waals surface area contributed by atoms with Crippen molar-refractivity contribution < 1.29 is 27.9 Å². The van der Waals surface area contributed by atoms with E-state index in [0.29, 0.717) is 14.7 Å². The van der Waals surface area contributed by atoms with Gasteiger partial charge in [0.1, 0.15) is 21.0 Å². The molecule has 0 spiro atoms. The van der Waals surface area contributed by atoms with Crippen molar-refractivity contribution in [3.8, 4) is 5.75 Å². The maximum Gasteiger partial charge on any atom is 0.417 e. The lowest BCUT2D eigenvalue weighted by Crippen LogP contribution is -2.19. The molecule has 0 atom stereocenters. The first-order valence-electron chi connectivity index (χ1n) is 7.83. The molecule has 3 rings (SSSR count). The molecule has 0 saturated carbocycles. The smallest absolute Gasteiger partial charge is 0.417 e. The molecule has 11 heteroatoms. The normalized spacial score (nSPS) is 10.6. The predicted octanol–water partition coefficient (Wildman–Crippen LogP) is 5.40. The molecule has 0 aliphatic heterocycles. The topological polar surface area (TPSA) is 103 Å². The average Bonchev–Trinajstić information content (AvgIpc) is 2.97. The van der Waals surface area contributed by atoms with Gasteiger partial charge in [0.15, 0.2) is 5.58 Å². The summed E-state index contributed by atoms with van der Waals surface area (Å²) in [6, 6.07) is 5.08. The minimum atomic E-state index is -0.899. The molecule has 146 valence electrons. The molecule has 28 heavy (non-hydrogen) atoms. The molecule has 0 saturated heterocycles. The zero-order valence-electron chi connectivity index (χ0n) is 14.2. The van der Waals surface area contributed by atoms with Crippen LogP contribution in [0.5, 0.6) is 5.75 Å². The highest BCUT2D eigenvalue weighted by molar-refractivity contribution is 14.1. The van der Waals surface area contributed by atoms with E-state index in [1.807, 2.05) is 22.6 Å². The van der Waals surface area contributed by atoms with Gasteiger partial charge in [0.05, 0.1) is 17.0 Å². The van der Waals surface area contributed by atoms with Crippen LogP contribution in [-0.2, 0) is 4.74 Å². The van der Waals surface area contributed by atoms with Gasteiger partial charge in [-0.05, 0) is 47.7 Å². The van der Waals surface area contributed by atoms with Gasteiger partial charge in [-0.15, -0.1) is 0 Å². The Bertz CT molecular complexity index is 1060. The van der Waals surface area contributed by atoms with Crippen LogP contribution in [0.15, 0.2) is 34.9 Å². The molecular formula is C17H12ClFIN3O5. The van der Waals surface area contributed by atoms with Crippen molar-refractivity contribution in [2.45, 2.75) is 6.92 Å². The minimum Gasteiger partial charge on any atom is -0.450 e. The maximum atomic E-state index is 13.2. The fourth-order valence-electron chi connectivity index (χ4n) is 2.24. The lowest BCUT2D eigenvalue weighted by molar-refractivity contribution is 0.167. The van der Waals surface area contributed by atoms with Crippen molar-refractivity contribution >= 4 is 68.9 Å². The Balaban J connectivity index is 1.89. The first kappa shape index (κ1) is 20.1. The van der Waals surface area contributed by atoms with E-state index in [1.54, 1.807) is 13.0 Å². The molecule has 0 aliphatic carbocycles. The van der Waals surface area contributed by atoms with Gasteiger partial charge >= 0.3 is 12.2 Å². The number of hydrogen-bond donors (Lipinski definition) is 2. The van der Waals surface area contributed by atoms with Crippen LogP contribution in [0.3, 0.4) is 0 Å². The number of nitrogens with one attached hydrogen (secondary N) is 2. The average molecular weight is 520 g/mol. The zero-order chi connectivity index (χ0) is 20.3. The number of anilines is 2. The summed E-state index contributed by atoms with van der Waals surface area (Å²) < 4.78 is 29.3. The Labute approximate surface area is 176 Å². The van der Waals surface area contributed by atoms with E-state index in [4.69, 9.17) is 25.5 Å². The van der Waals surface area contributed by atoms with E-state index in [2.05, 4.69) is 15.6 Å². The maximum absolute atomic E-state index is 13.2. The molecule has 0 aliphatic rings. The molecular weight excluding hydrogens is 508 g/mol. The molecule has 2 N–H and O–H groups in total. The van der Waals surface area contributed by atoms with E-state index >= 15 is 0 Å². The fourth-order valence-corrected chi connectivity index (χ4v) is 2.97. The van der Waals surface area contributed by atoms with Crippen LogP contribution < -0.4 is 15.4 Å². The summed E-state index contributed by atoms with van der Waals surface area (Å²) in [5, 5.41) is 5.21. The summed E-state index contributed by atoms with van der Waals surface area (Å²) in [6.07, 6.45) is -0.139. The largest absolute Gasteiger partial charge is 0.450 e. The van der Waals surface area contributed by atoms with E-state index in [-0.39, 0.29) is 29.0 Å². The summed E-state index contributed by atoms with van der Waals surface area (Å²) >= 11 is 7.63. The van der Waals surface area contributed by atoms with Gasteiger partial charge in [-0.1, -0.05) is 11.6 Å². The van der Waals surface area contributed by atoms with Crippen LogP contribution in [0.25, 0.3) is 11.0 Å². The highest BCUT2D eigenvalue weighted by Gasteiger charge is 2.21. The van der Waals surface area contributed by atoms with Gasteiger partial charge in [-0.25, -0.2) is 19.0 Å². The van der Waals surface area contributed by atoms with E-state index in [1.165, 1.54) is 12.3 Å². The number of pyridine rings is 1. The Hall–Kier alpha value is -2.60. The molecule has 0 unspecified atom stereocenters. The molecule has 2 aromatic heterocycles. The van der Waals surface area contributed by atoms with Gasteiger partial charge in [0.25, 0.3) is 0 Å². The predicted molar refractivity (Wildman–Crippen MR) is 108 cm³/mol. The third kappa shape index (κ3) is 4.44. The summed E-state index contributed by atoms with van der Waals surface area (Å²) in [5.74, 6) is -0.653. The van der Waals surface area contributed by atoms with Crippen molar-refractivity contribution in [1.82, 2.24) is 4.98 Å². The second-order valence-electron chi connectivity index (χ2n) is 5.22. The van der Waals surface area contributed by atoms with Gasteiger partial charge in [-0.3, -0.25) is 10.6 Å². The van der Waals surface area contributed by atoms with Crippen molar-refractivity contribution in [2.24, 2.45) is 0 Å². The lowest BCUT2D eigenvalue weighted by atomic mass is 10.3. The number of halogens is 3. The first-order valence-corrected chi connectivity index (χ1v) is 9.29. The highest BCUT2D eigenvalue weighted by Crippen LogP contribution is 2.37. The second-order valence-corrected chi connectivity index (χ2v) is 6.65. The summed E-state index contributed by atoms with van der Waals surface area (Å²) in [6.45, 7) is 1.80. The summed E-state index contributed by atoms with van der Waals surface area (Å²) in [4.78, 5) is 28.2. The lowest BCUT2D eigenvalue weighted by Gasteiger charge is -2.08. The van der Waals surface area contributed by atoms with E-state index < -0.39 is 18.0 Å². The van der Waals surface area contributed by atoms with Crippen LogP contribution in [-0.4, -0.2) is 23.8 Å². The number of fused-ring (bicyclic) bond motifs is 1. The number of carbonyl (C=O) groups is 2. The number of aromatic nitrogens is 1. The molecule has 2 heterocycles. The van der Waals surface area contributed by atoms with Gasteiger partial charge in [-0.2, -0.15) is 0 Å². The molecule has 0 bridgehead atoms. The van der Waals surface area contributed by atoms with Gasteiger partial charge < -0.3 is 13.9 Å². The van der Waals surface area contributed by atoms with Gasteiger partial charge in [0.2, 0.25) is 5.88 Å². The Morgan fingerprint density at radius 1 is 1.29 bits per heavy atom. The molecule has 2 amide bonds. The van der Waals surface area contributed by atoms with Crippen molar-refractivity contribution in [3.05, 3.63) is 45.0 Å². The van der Waals surface area contributed by atoms with E-state index in [0.717, 1.165) is 12.1 Å². The second kappa shape index (κ2) is 8.61. The number of amides is 2. The number of ether oxygens (including phenoxy) is 2. The zero-order valence-corrected chi connectivity index (χ0v) is 17.1. The summed E-state index contributed by atoms with van der Waals surface area (Å²) in [5.41, 5.74) is 0.511. The molecule has 0 radical (unpaired) electrons. The van der Waals surface area contributed by atoms with Crippen LogP contribution in [0, 0.1) is 9.52 Å². The molecule has 1 aromatic carbocycles. The van der Waals surface area contributed by atoms with Crippen LogP contribution in [0.1, 0.15) is 6.92 Å². The SMILES string of the molecule is CCOC(=O)Nc1oc2c(I)nccc2c1NC(=O)Oc1ccc(F)c(Cl)c1. The minimum absolute atomic E-state index is 0.0350. The fraction of sp³-hybridized carbons (Fsp3) is 0.118. The number of nitrogens with zero attached hydrogens (tertiary/aromatic N) is 1. The monoisotopic (exact) mass is 519 g/mol. The third-order valence-corrected chi connectivity index (χ3v) is 4.44. The summed E-state index contributed by atoms with van der Waals surface area (Å²) in [7, 11) is 0. The number of carbonyl (C=O) groups excluding carboxylic acids is 2. The van der Waals surface area contributed by atoms with Gasteiger partial charge in [0, 0.05) is 12.3 Å². The van der Waals surface area contributed by atoms with Crippen LogP contribution >= 0.6 is 34.2 Å². The number of rotatable bonds is 4. The van der Waals surface area contributed by atoms with Crippen molar-refractivity contribution in [1.29, 1.82) is 0 Å². The van der Waals surface area contributed by atoms with Crippen LogP contribution in [0.4, 0.5) is 25.6 Å². The Morgan fingerprint density at radius 2 is 2.07 bits per heavy atom. The quantitative estimate of drug-likeness (QED) is 0.353. The third-order valence-electron chi connectivity index (χ3n) is 3.38. The number of hydrogen-bond acceptors (Lipinski definition) is 6. The van der Waals surface area contributed by atoms with E-state index in [9.17, 15) is 14.0 Å². The van der Waals surface area contributed by atoms with Crippen molar-refractivity contribution in [3.63, 3.8) is 0 Å². The molecule has 0 fully saturated rings. The number of benzene rings is 1.